The second-order valence-corrected chi connectivity index (χ2v) is 15.8. The molecule has 9 rings (SSSR count). The number of carbonyl (C=O) groups excluding carboxylic acids is 3. The highest BCUT2D eigenvalue weighted by atomic mass is 16.5. The van der Waals surface area contributed by atoms with Crippen molar-refractivity contribution in [3.63, 3.8) is 0 Å². The number of rotatable bonds is 9. The van der Waals surface area contributed by atoms with Crippen LogP contribution in [0.3, 0.4) is 0 Å². The van der Waals surface area contributed by atoms with Crippen LogP contribution in [0, 0.1) is 5.92 Å². The molecule has 3 amide bonds. The second kappa shape index (κ2) is 14.2. The Morgan fingerprint density at radius 3 is 2.41 bits per heavy atom. The van der Waals surface area contributed by atoms with Crippen LogP contribution in [0.4, 0.5) is 5.69 Å². The zero-order valence-corrected chi connectivity index (χ0v) is 30.7. The van der Waals surface area contributed by atoms with E-state index in [2.05, 4.69) is 43.1 Å². The van der Waals surface area contributed by atoms with Gasteiger partial charge in [-0.2, -0.15) is 5.10 Å². The molecule has 5 heterocycles. The molecule has 1 atom stereocenters. The summed E-state index contributed by atoms with van der Waals surface area (Å²) in [6, 6.07) is 16.4. The number of fused-ring (bicyclic) bond motifs is 2. The molecule has 1 unspecified atom stereocenters. The van der Waals surface area contributed by atoms with E-state index >= 15 is 0 Å². The monoisotopic (exact) mass is 729 g/mol. The Morgan fingerprint density at radius 2 is 1.65 bits per heavy atom. The maximum Gasteiger partial charge on any atom is 0.274 e. The Bertz CT molecular complexity index is 2300. The molecular formula is C42H47N7O5. The van der Waals surface area contributed by atoms with E-state index in [1.165, 1.54) is 5.52 Å². The summed E-state index contributed by atoms with van der Waals surface area (Å²) in [6.45, 7) is 3.26. The predicted octanol–water partition coefficient (Wildman–Crippen LogP) is 6.34. The minimum absolute atomic E-state index is 0.182. The van der Waals surface area contributed by atoms with E-state index < -0.39 is 0 Å². The van der Waals surface area contributed by atoms with Gasteiger partial charge in [0.1, 0.15) is 11.4 Å². The molecule has 280 valence electrons. The van der Waals surface area contributed by atoms with E-state index in [0.717, 1.165) is 92.9 Å². The van der Waals surface area contributed by atoms with Crippen LogP contribution in [-0.4, -0.2) is 68.3 Å². The largest absolute Gasteiger partial charge is 0.496 e. The lowest BCUT2D eigenvalue weighted by Crippen LogP contribution is -2.39. The van der Waals surface area contributed by atoms with Crippen LogP contribution in [0.25, 0.3) is 21.8 Å². The molecule has 54 heavy (non-hydrogen) atoms. The number of ether oxygens (including phenoxy) is 1. The summed E-state index contributed by atoms with van der Waals surface area (Å²) >= 11 is 0. The summed E-state index contributed by atoms with van der Waals surface area (Å²) in [6.07, 6.45) is 15.5. The number of aromatic nitrogens is 4. The first-order valence-electron chi connectivity index (χ1n) is 19.6. The summed E-state index contributed by atoms with van der Waals surface area (Å²) < 4.78 is 11.8. The fourth-order valence-electron chi connectivity index (χ4n) is 9.20. The van der Waals surface area contributed by atoms with E-state index in [-0.39, 0.29) is 40.9 Å². The molecule has 12 heteroatoms. The number of anilines is 1. The zero-order valence-electron chi connectivity index (χ0n) is 30.7. The molecular weight excluding hydrogens is 683 g/mol. The van der Waals surface area contributed by atoms with Gasteiger partial charge in [-0.1, -0.05) is 12.1 Å². The van der Waals surface area contributed by atoms with Crippen molar-refractivity contribution in [2.75, 3.05) is 32.1 Å². The SMILES string of the molecule is COc1cc2nn(C3CCC(CN4CCC(n5ccc6c(C7CCC(=O)NC7=O)cccc65)CC4)CC3)cc2cc1C(=O)Nc1cccn(C2CC2)c1=O. The minimum Gasteiger partial charge on any atom is -0.496 e. The smallest absolute Gasteiger partial charge is 0.274 e. The fraction of sp³-hybridized carbons (Fsp3) is 0.452. The predicted molar refractivity (Wildman–Crippen MR) is 206 cm³/mol. The molecule has 4 fully saturated rings. The number of carbonyl (C=O) groups is 3. The van der Waals surface area contributed by atoms with Gasteiger partial charge in [0.05, 0.1) is 30.1 Å². The van der Waals surface area contributed by atoms with Crippen LogP contribution < -0.4 is 20.9 Å². The van der Waals surface area contributed by atoms with Crippen LogP contribution in [0.5, 0.6) is 5.75 Å². The van der Waals surface area contributed by atoms with Crippen molar-refractivity contribution in [1.82, 2.24) is 29.1 Å². The molecule has 12 nitrogen and oxygen atoms in total. The van der Waals surface area contributed by atoms with Gasteiger partial charge in [-0.3, -0.25) is 29.2 Å². The van der Waals surface area contributed by atoms with Gasteiger partial charge in [-0.15, -0.1) is 0 Å². The molecule has 0 spiro atoms. The highest BCUT2D eigenvalue weighted by Crippen LogP contribution is 2.38. The molecule has 5 aromatic rings. The van der Waals surface area contributed by atoms with Crippen molar-refractivity contribution in [2.24, 2.45) is 5.92 Å². The average molecular weight is 730 g/mol. The third-order valence-corrected chi connectivity index (χ3v) is 12.3. The number of piperidine rings is 2. The minimum atomic E-state index is -0.377. The number of likely N-dealkylation sites (tertiary alicyclic amines) is 1. The number of amides is 3. The highest BCUT2D eigenvalue weighted by Gasteiger charge is 2.31. The average Bonchev–Trinajstić information content (AvgIpc) is 3.79. The van der Waals surface area contributed by atoms with Gasteiger partial charge >= 0.3 is 0 Å². The number of imide groups is 1. The van der Waals surface area contributed by atoms with Crippen LogP contribution in [0.15, 0.2) is 71.9 Å². The molecule has 2 saturated heterocycles. The maximum absolute atomic E-state index is 13.4. The number of methoxy groups -OCH3 is 1. The topological polar surface area (TPSA) is 132 Å². The maximum atomic E-state index is 13.4. The summed E-state index contributed by atoms with van der Waals surface area (Å²) in [5, 5.41) is 12.3. The lowest BCUT2D eigenvalue weighted by molar-refractivity contribution is -0.134. The Morgan fingerprint density at radius 1 is 0.870 bits per heavy atom. The van der Waals surface area contributed by atoms with E-state index in [9.17, 15) is 19.2 Å². The molecule has 2 N–H and O–H groups in total. The van der Waals surface area contributed by atoms with Crippen LogP contribution in [-0.2, 0) is 9.59 Å². The van der Waals surface area contributed by atoms with Crippen molar-refractivity contribution in [3.8, 4) is 5.75 Å². The van der Waals surface area contributed by atoms with Crippen LogP contribution in [0.1, 0.15) is 104 Å². The van der Waals surface area contributed by atoms with Gasteiger partial charge in [0.15, 0.2) is 0 Å². The van der Waals surface area contributed by atoms with E-state index in [4.69, 9.17) is 9.84 Å². The molecule has 2 aliphatic heterocycles. The highest BCUT2D eigenvalue weighted by molar-refractivity contribution is 6.08. The van der Waals surface area contributed by atoms with Gasteiger partial charge in [0.2, 0.25) is 11.8 Å². The lowest BCUT2D eigenvalue weighted by atomic mass is 9.85. The third-order valence-electron chi connectivity index (χ3n) is 12.3. The van der Waals surface area contributed by atoms with Gasteiger partial charge in [0.25, 0.3) is 11.5 Å². The van der Waals surface area contributed by atoms with Crippen molar-refractivity contribution < 1.29 is 19.1 Å². The number of nitrogens with zero attached hydrogens (tertiary/aromatic N) is 5. The van der Waals surface area contributed by atoms with Crippen LogP contribution in [0.2, 0.25) is 0 Å². The number of hydrogen-bond donors (Lipinski definition) is 2. The number of pyridine rings is 1. The standard InChI is InChI=1S/C42H47N7O5/c1-54-38-23-36-27(22-34(38)41(52)43-35-5-3-18-48(42(35)53)28-11-12-28)25-49(45-36)30-9-7-26(8-10-30)24-46-19-15-29(16-20-46)47-21-17-32-31(4-2-6-37(32)47)33-13-14-39(50)44-40(33)51/h2-6,17-18,21-23,25-26,28-30,33H,7-16,19-20,24H2,1H3,(H,43,52)(H,44,50,51). The quantitative estimate of drug-likeness (QED) is 0.169. The summed E-state index contributed by atoms with van der Waals surface area (Å²) in [4.78, 5) is 53.4. The van der Waals surface area contributed by atoms with E-state index in [1.54, 1.807) is 30.0 Å². The first kappa shape index (κ1) is 34.5. The first-order chi connectivity index (χ1) is 26.3. The van der Waals surface area contributed by atoms with Crippen molar-refractivity contribution in [3.05, 3.63) is 88.6 Å². The van der Waals surface area contributed by atoms with Gasteiger partial charge < -0.3 is 24.1 Å². The molecule has 3 aromatic heterocycles. The number of benzene rings is 2. The van der Waals surface area contributed by atoms with Crippen molar-refractivity contribution >= 4 is 45.2 Å². The molecule has 2 saturated carbocycles. The Labute approximate surface area is 313 Å². The normalized spacial score (nSPS) is 22.8. The Balaban J connectivity index is 0.801. The lowest BCUT2D eigenvalue weighted by Gasteiger charge is -2.37. The van der Waals surface area contributed by atoms with E-state index in [0.29, 0.717) is 42.2 Å². The second-order valence-electron chi connectivity index (χ2n) is 15.8. The number of nitrogens with one attached hydrogen (secondary N) is 2. The van der Waals surface area contributed by atoms with Crippen molar-refractivity contribution in [2.45, 2.75) is 88.3 Å². The van der Waals surface area contributed by atoms with Gasteiger partial charge in [0, 0.05) is 79.1 Å². The molecule has 0 bridgehead atoms. The summed E-state index contributed by atoms with van der Waals surface area (Å²) in [5.74, 6) is 0.0588. The molecule has 2 aromatic carbocycles. The van der Waals surface area contributed by atoms with E-state index in [1.807, 2.05) is 30.5 Å². The Hall–Kier alpha value is -5.23. The van der Waals surface area contributed by atoms with Crippen LogP contribution >= 0.6 is 0 Å². The molecule has 2 aliphatic carbocycles. The summed E-state index contributed by atoms with van der Waals surface area (Å²) in [7, 11) is 1.55. The third kappa shape index (κ3) is 6.61. The molecule has 4 aliphatic rings. The zero-order chi connectivity index (χ0) is 36.9. The fourth-order valence-corrected chi connectivity index (χ4v) is 9.20. The van der Waals surface area contributed by atoms with Gasteiger partial charge in [-0.25, -0.2) is 0 Å². The van der Waals surface area contributed by atoms with Crippen molar-refractivity contribution in [1.29, 1.82) is 0 Å². The molecule has 0 radical (unpaired) electrons. The summed E-state index contributed by atoms with van der Waals surface area (Å²) in [5.41, 5.74) is 3.43. The van der Waals surface area contributed by atoms with Gasteiger partial charge in [-0.05, 0) is 99.6 Å². The Kier molecular flexibility index (Phi) is 9.08. The first-order valence-corrected chi connectivity index (χ1v) is 19.6. The number of hydrogen-bond acceptors (Lipinski definition) is 7.